The topological polar surface area (TPSA) is 61.9 Å². The van der Waals surface area contributed by atoms with Gasteiger partial charge in [-0.2, -0.15) is 0 Å². The van der Waals surface area contributed by atoms with Crippen LogP contribution < -0.4 is 15.0 Å². The van der Waals surface area contributed by atoms with Gasteiger partial charge in [-0.15, -0.1) is 0 Å². The fourth-order valence-corrected chi connectivity index (χ4v) is 3.34. The largest absolute Gasteiger partial charge is 0.482 e. The van der Waals surface area contributed by atoms with Crippen LogP contribution in [0.3, 0.4) is 0 Å². The Morgan fingerprint density at radius 3 is 2.83 bits per heavy atom. The minimum absolute atomic E-state index is 0.0105. The van der Waals surface area contributed by atoms with Crippen LogP contribution in [0.5, 0.6) is 5.75 Å². The van der Waals surface area contributed by atoms with Crippen LogP contribution in [0.15, 0.2) is 22.7 Å². The number of fused-ring (bicyclic) bond motifs is 1. The molecule has 2 aliphatic rings. The van der Waals surface area contributed by atoms with Crippen LogP contribution in [0.25, 0.3) is 0 Å². The summed E-state index contributed by atoms with van der Waals surface area (Å²) in [5, 5.41) is 3.25. The molecule has 6 nitrogen and oxygen atoms in total. The molecule has 0 unspecified atom stereocenters. The second kappa shape index (κ2) is 6.88. The average Bonchev–Trinajstić information content (AvgIpc) is 2.57. The lowest BCUT2D eigenvalue weighted by Gasteiger charge is -2.34. The average molecular weight is 382 g/mol. The lowest BCUT2D eigenvalue weighted by molar-refractivity contribution is -0.132. The van der Waals surface area contributed by atoms with Gasteiger partial charge in [-0.3, -0.25) is 14.5 Å². The van der Waals surface area contributed by atoms with Crippen molar-refractivity contribution in [2.45, 2.75) is 18.9 Å². The van der Waals surface area contributed by atoms with Gasteiger partial charge >= 0.3 is 0 Å². The molecular formula is C16H20BrN3O3. The minimum Gasteiger partial charge on any atom is -0.482 e. The Morgan fingerprint density at radius 2 is 2.13 bits per heavy atom. The standard InChI is InChI=1S/C16H20BrN3O3/c1-18-12-4-6-19(7-5-12)15(21)9-20-13-3-2-11(17)8-14(13)23-10-16(20)22/h2-3,8,12,18H,4-7,9-10H2,1H3. The van der Waals surface area contributed by atoms with Crippen LogP contribution in [-0.2, 0) is 9.59 Å². The van der Waals surface area contributed by atoms with Crippen molar-refractivity contribution >= 4 is 33.4 Å². The summed E-state index contributed by atoms with van der Waals surface area (Å²) in [7, 11) is 1.95. The molecule has 1 aromatic carbocycles. The number of halogens is 1. The van der Waals surface area contributed by atoms with Crippen molar-refractivity contribution in [1.29, 1.82) is 0 Å². The number of piperidine rings is 1. The van der Waals surface area contributed by atoms with Gasteiger partial charge in [-0.05, 0) is 38.1 Å². The minimum atomic E-state index is -0.182. The SMILES string of the molecule is CNC1CCN(C(=O)CN2C(=O)COc3cc(Br)ccc32)CC1. The Balaban J connectivity index is 1.70. The molecule has 23 heavy (non-hydrogen) atoms. The van der Waals surface area contributed by atoms with E-state index in [2.05, 4.69) is 21.2 Å². The first kappa shape index (κ1) is 16.3. The van der Waals surface area contributed by atoms with Crippen molar-refractivity contribution in [2.24, 2.45) is 0 Å². The summed E-state index contributed by atoms with van der Waals surface area (Å²) >= 11 is 3.39. The fraction of sp³-hybridized carbons (Fsp3) is 0.500. The molecule has 7 heteroatoms. The molecule has 1 fully saturated rings. The van der Waals surface area contributed by atoms with Crippen molar-refractivity contribution in [2.75, 3.05) is 38.2 Å². The predicted octanol–water partition coefficient (Wildman–Crippen LogP) is 1.38. The third-order valence-corrected chi connectivity index (χ3v) is 4.91. The molecule has 0 radical (unpaired) electrons. The van der Waals surface area contributed by atoms with Gasteiger partial charge in [0.25, 0.3) is 5.91 Å². The second-order valence-electron chi connectivity index (χ2n) is 5.82. The molecule has 1 N–H and O–H groups in total. The van der Waals surface area contributed by atoms with Gasteiger partial charge in [0, 0.05) is 23.6 Å². The van der Waals surface area contributed by atoms with Crippen molar-refractivity contribution in [3.63, 3.8) is 0 Å². The normalized spacial score (nSPS) is 18.6. The maximum absolute atomic E-state index is 12.5. The van der Waals surface area contributed by atoms with Crippen LogP contribution >= 0.6 is 15.9 Å². The van der Waals surface area contributed by atoms with E-state index in [4.69, 9.17) is 4.74 Å². The molecule has 3 rings (SSSR count). The molecule has 1 aromatic rings. The maximum atomic E-state index is 12.5. The van der Waals surface area contributed by atoms with E-state index in [0.717, 1.165) is 30.4 Å². The molecule has 124 valence electrons. The zero-order valence-corrected chi connectivity index (χ0v) is 14.6. The van der Waals surface area contributed by atoms with Crippen LogP contribution in [0, 0.1) is 0 Å². The van der Waals surface area contributed by atoms with Crippen LogP contribution in [-0.4, -0.2) is 56.0 Å². The van der Waals surface area contributed by atoms with Crippen molar-refractivity contribution in [3.05, 3.63) is 22.7 Å². The van der Waals surface area contributed by atoms with Gasteiger partial charge in [0.05, 0.1) is 5.69 Å². The number of anilines is 1. The Bertz CT molecular complexity index is 615. The molecule has 2 aliphatic heterocycles. The number of carbonyl (C=O) groups excluding carboxylic acids is 2. The van der Waals surface area contributed by atoms with Crippen LogP contribution in [0.2, 0.25) is 0 Å². The van der Waals surface area contributed by atoms with Crippen molar-refractivity contribution < 1.29 is 14.3 Å². The maximum Gasteiger partial charge on any atom is 0.265 e. The van der Waals surface area contributed by atoms with Gasteiger partial charge in [-0.25, -0.2) is 0 Å². The molecule has 2 amide bonds. The first-order valence-corrected chi connectivity index (χ1v) is 8.55. The number of rotatable bonds is 3. The number of hydrogen-bond acceptors (Lipinski definition) is 4. The van der Waals surface area contributed by atoms with E-state index in [1.54, 1.807) is 6.07 Å². The summed E-state index contributed by atoms with van der Waals surface area (Å²) in [5.74, 6) is 0.433. The zero-order chi connectivity index (χ0) is 16.4. The van der Waals surface area contributed by atoms with E-state index in [0.29, 0.717) is 17.5 Å². The number of amides is 2. The fourth-order valence-electron chi connectivity index (χ4n) is 3.00. The summed E-state index contributed by atoms with van der Waals surface area (Å²) < 4.78 is 6.33. The zero-order valence-electron chi connectivity index (χ0n) is 13.0. The summed E-state index contributed by atoms with van der Waals surface area (Å²) in [4.78, 5) is 28.1. The summed E-state index contributed by atoms with van der Waals surface area (Å²) in [5.41, 5.74) is 0.655. The number of nitrogens with one attached hydrogen (secondary N) is 1. The highest BCUT2D eigenvalue weighted by Crippen LogP contribution is 2.34. The number of likely N-dealkylation sites (tertiary alicyclic amines) is 1. The highest BCUT2D eigenvalue weighted by atomic mass is 79.9. The van der Waals surface area contributed by atoms with E-state index in [1.165, 1.54) is 4.90 Å². The van der Waals surface area contributed by atoms with E-state index in [1.807, 2.05) is 24.1 Å². The van der Waals surface area contributed by atoms with Crippen LogP contribution in [0.4, 0.5) is 5.69 Å². The number of benzene rings is 1. The van der Waals surface area contributed by atoms with Crippen molar-refractivity contribution in [3.8, 4) is 5.75 Å². The highest BCUT2D eigenvalue weighted by molar-refractivity contribution is 9.10. The highest BCUT2D eigenvalue weighted by Gasteiger charge is 2.30. The Hall–Kier alpha value is -1.60. The number of carbonyl (C=O) groups is 2. The predicted molar refractivity (Wildman–Crippen MR) is 90.7 cm³/mol. The van der Waals surface area contributed by atoms with Gasteiger partial charge in [-0.1, -0.05) is 15.9 Å². The summed E-state index contributed by atoms with van der Waals surface area (Å²) in [6.07, 6.45) is 1.89. The van der Waals surface area contributed by atoms with E-state index in [-0.39, 0.29) is 25.0 Å². The second-order valence-corrected chi connectivity index (χ2v) is 6.74. The van der Waals surface area contributed by atoms with Gasteiger partial charge in [0.2, 0.25) is 5.91 Å². The van der Waals surface area contributed by atoms with E-state index >= 15 is 0 Å². The van der Waals surface area contributed by atoms with Gasteiger partial charge in [0.15, 0.2) is 6.61 Å². The molecule has 0 spiro atoms. The number of ether oxygens (including phenoxy) is 1. The van der Waals surface area contributed by atoms with Gasteiger partial charge < -0.3 is 15.0 Å². The molecule has 2 heterocycles. The van der Waals surface area contributed by atoms with Crippen LogP contribution in [0.1, 0.15) is 12.8 Å². The molecule has 1 saturated heterocycles. The smallest absolute Gasteiger partial charge is 0.265 e. The Morgan fingerprint density at radius 1 is 1.39 bits per heavy atom. The molecule has 0 aliphatic carbocycles. The Kier molecular flexibility index (Phi) is 4.87. The van der Waals surface area contributed by atoms with Gasteiger partial charge in [0.1, 0.15) is 12.3 Å². The third kappa shape index (κ3) is 3.50. The lowest BCUT2D eigenvalue weighted by atomic mass is 10.1. The molecule has 0 atom stereocenters. The molecular weight excluding hydrogens is 362 g/mol. The number of hydrogen-bond donors (Lipinski definition) is 1. The first-order valence-electron chi connectivity index (χ1n) is 7.76. The molecule has 0 aromatic heterocycles. The third-order valence-electron chi connectivity index (χ3n) is 4.41. The first-order chi connectivity index (χ1) is 11.1. The lowest BCUT2D eigenvalue weighted by Crippen LogP contribution is -2.50. The quantitative estimate of drug-likeness (QED) is 0.858. The van der Waals surface area contributed by atoms with E-state index < -0.39 is 0 Å². The summed E-state index contributed by atoms with van der Waals surface area (Å²) in [6, 6.07) is 5.94. The number of nitrogens with zero attached hydrogens (tertiary/aromatic N) is 2. The van der Waals surface area contributed by atoms with E-state index in [9.17, 15) is 9.59 Å². The van der Waals surface area contributed by atoms with Crippen molar-refractivity contribution in [1.82, 2.24) is 10.2 Å². The monoisotopic (exact) mass is 381 g/mol. The summed E-state index contributed by atoms with van der Waals surface area (Å²) in [6.45, 7) is 1.51. The Labute approximate surface area is 143 Å². The molecule has 0 bridgehead atoms. The molecule has 0 saturated carbocycles.